The fraction of sp³-hybridized carbons (Fsp3) is 0.424. The first-order chi connectivity index (χ1) is 33.0. The Morgan fingerprint density at radius 3 is 1.62 bits per heavy atom. The Kier molecular flexibility index (Phi) is 10.6. The molecule has 0 atom stereocenters. The average molecular weight is 971 g/mol. The average Bonchev–Trinajstić information content (AvgIpc) is 3.66. The first kappa shape index (κ1) is 48.4. The molecule has 2 aliphatic carbocycles. The topological polar surface area (TPSA) is 6.48 Å². The van der Waals surface area contributed by atoms with E-state index in [4.69, 9.17) is 0 Å². The first-order valence-corrected chi connectivity index (χ1v) is 31.2. The van der Waals surface area contributed by atoms with E-state index in [-0.39, 0.29) is 39.2 Å². The second-order valence-corrected chi connectivity index (χ2v) is 34.3. The molecule has 6 aromatic carbocycles. The summed E-state index contributed by atoms with van der Waals surface area (Å²) in [7, 11) is -1.51. The third-order valence-corrected chi connectivity index (χ3v) is 21.2. The van der Waals surface area contributed by atoms with Gasteiger partial charge in [-0.25, -0.2) is 0 Å². The van der Waals surface area contributed by atoms with Gasteiger partial charge in [0.25, 0.3) is 6.71 Å². The highest BCUT2D eigenvalue weighted by Crippen LogP contribution is 2.55. The molecular formula is C66H79BN2SSi. The zero-order chi connectivity index (χ0) is 50.9. The van der Waals surface area contributed by atoms with Crippen LogP contribution in [0.3, 0.4) is 0 Å². The molecule has 0 saturated carbocycles. The Morgan fingerprint density at radius 2 is 1.04 bits per heavy atom. The standard InChI is InChI=1S/C66H79BN2SSi/c1-40-33-55-58-56(34-40)69(53-27-21-42(61(2,3)4)35-46(53)41-19-24-45(25-20-41)71(16,17)18)54-28-22-43(62(5,6)7)36-52(54)67(58)60-59(47-38-50-51(39-57(47)70-60)66(14,15)32-31-65(50,12)13)68(55)44-23-26-48-49(37-44)64(10,11)30-29-63(48,8)9/h19-28,33-39H,29-32H2,1-18H3. The Labute approximate surface area is 433 Å². The zero-order valence-corrected chi connectivity index (χ0v) is 48.3. The largest absolute Gasteiger partial charge is 0.311 e. The lowest BCUT2D eigenvalue weighted by Gasteiger charge is -2.45. The second kappa shape index (κ2) is 15.6. The summed E-state index contributed by atoms with van der Waals surface area (Å²) in [5, 5.41) is 2.89. The van der Waals surface area contributed by atoms with Crippen LogP contribution in [0.25, 0.3) is 21.2 Å². The molecule has 1 aromatic heterocycles. The van der Waals surface area contributed by atoms with E-state index < -0.39 is 8.07 Å². The van der Waals surface area contributed by atoms with Gasteiger partial charge in [0.2, 0.25) is 0 Å². The van der Waals surface area contributed by atoms with Crippen molar-refractivity contribution in [1.82, 2.24) is 0 Å². The molecule has 5 heteroatoms. The lowest BCUT2D eigenvalue weighted by Crippen LogP contribution is -2.60. The van der Waals surface area contributed by atoms with Gasteiger partial charge in [0, 0.05) is 43.2 Å². The zero-order valence-electron chi connectivity index (χ0n) is 46.5. The number of nitrogens with zero attached hydrogens (tertiary/aromatic N) is 2. The Bertz CT molecular complexity index is 3340. The van der Waals surface area contributed by atoms with Crippen LogP contribution in [0.15, 0.2) is 103 Å². The van der Waals surface area contributed by atoms with E-state index in [1.54, 1.807) is 0 Å². The van der Waals surface area contributed by atoms with Crippen LogP contribution in [0.4, 0.5) is 34.1 Å². The molecule has 11 rings (SSSR count). The molecule has 0 radical (unpaired) electrons. The third-order valence-electron chi connectivity index (χ3n) is 17.9. The summed E-state index contributed by atoms with van der Waals surface area (Å²) in [6.45, 7) is 43.8. The summed E-state index contributed by atoms with van der Waals surface area (Å²) in [6.07, 6.45) is 4.78. The van der Waals surface area contributed by atoms with Gasteiger partial charge in [-0.3, -0.25) is 0 Å². The van der Waals surface area contributed by atoms with Crippen molar-refractivity contribution in [1.29, 1.82) is 0 Å². The molecule has 0 fully saturated rings. The van der Waals surface area contributed by atoms with Crippen molar-refractivity contribution in [2.45, 2.75) is 182 Å². The minimum Gasteiger partial charge on any atom is -0.311 e. The smallest absolute Gasteiger partial charge is 0.264 e. The van der Waals surface area contributed by atoms with Crippen LogP contribution in [0.1, 0.15) is 162 Å². The number of anilines is 6. The number of rotatable bonds is 4. The van der Waals surface area contributed by atoms with Gasteiger partial charge >= 0.3 is 0 Å². The highest BCUT2D eigenvalue weighted by Gasteiger charge is 2.48. The second-order valence-electron chi connectivity index (χ2n) is 28.1. The van der Waals surface area contributed by atoms with Crippen LogP contribution >= 0.6 is 11.3 Å². The Balaban J connectivity index is 1.26. The molecule has 7 aromatic rings. The van der Waals surface area contributed by atoms with Crippen molar-refractivity contribution >= 4 is 91.2 Å². The van der Waals surface area contributed by atoms with Gasteiger partial charge in [-0.1, -0.05) is 170 Å². The van der Waals surface area contributed by atoms with Crippen LogP contribution in [-0.4, -0.2) is 14.8 Å². The molecule has 4 aliphatic rings. The van der Waals surface area contributed by atoms with Crippen LogP contribution in [-0.2, 0) is 32.5 Å². The minimum atomic E-state index is -1.51. The van der Waals surface area contributed by atoms with Crippen LogP contribution in [0, 0.1) is 6.92 Å². The summed E-state index contributed by atoms with van der Waals surface area (Å²) in [6, 6.07) is 42.5. The molecule has 0 N–H and O–H groups in total. The molecule has 0 spiro atoms. The van der Waals surface area contributed by atoms with Crippen molar-refractivity contribution in [3.63, 3.8) is 0 Å². The number of aryl methyl sites for hydroxylation is 1. The van der Waals surface area contributed by atoms with Crippen molar-refractivity contribution < 1.29 is 0 Å². The number of hydrogen-bond donors (Lipinski definition) is 0. The maximum atomic E-state index is 2.75. The summed E-state index contributed by atoms with van der Waals surface area (Å²) in [5.74, 6) is 0. The third kappa shape index (κ3) is 7.66. The molecular weight excluding hydrogens is 892 g/mol. The van der Waals surface area contributed by atoms with Gasteiger partial charge in [-0.15, -0.1) is 11.3 Å². The summed E-state index contributed by atoms with van der Waals surface area (Å²) in [5.41, 5.74) is 23.6. The van der Waals surface area contributed by atoms with Crippen LogP contribution < -0.4 is 30.7 Å². The summed E-state index contributed by atoms with van der Waals surface area (Å²) >= 11 is 2.07. The van der Waals surface area contributed by atoms with E-state index in [0.29, 0.717) is 0 Å². The lowest BCUT2D eigenvalue weighted by atomic mass is 9.36. The number of hydrogen-bond acceptors (Lipinski definition) is 3. The predicted octanol–water partition coefficient (Wildman–Crippen LogP) is 16.8. The molecule has 0 amide bonds. The highest BCUT2D eigenvalue weighted by molar-refractivity contribution is 7.33. The van der Waals surface area contributed by atoms with Gasteiger partial charge in [0.05, 0.1) is 19.4 Å². The lowest BCUT2D eigenvalue weighted by molar-refractivity contribution is 0.332. The quantitative estimate of drug-likeness (QED) is 0.162. The monoisotopic (exact) mass is 971 g/mol. The van der Waals surface area contributed by atoms with E-state index in [1.165, 1.54) is 141 Å². The molecule has 0 saturated heterocycles. The normalized spacial score (nSPS) is 18.4. The highest BCUT2D eigenvalue weighted by atomic mass is 32.1. The van der Waals surface area contributed by atoms with Crippen molar-refractivity contribution in [2.75, 3.05) is 9.80 Å². The first-order valence-electron chi connectivity index (χ1n) is 26.9. The van der Waals surface area contributed by atoms with Gasteiger partial charge in [-0.2, -0.15) is 0 Å². The number of benzene rings is 6. The fourth-order valence-electron chi connectivity index (χ4n) is 13.0. The van der Waals surface area contributed by atoms with Crippen LogP contribution in [0.2, 0.25) is 19.6 Å². The summed E-state index contributed by atoms with van der Waals surface area (Å²) in [4.78, 5) is 5.42. The SMILES string of the molecule is Cc1cc2c3c(c1)N(c1ccc4c(c1)C(C)(C)CCC4(C)C)c1c(sc4cc5c(cc14)C(C)(C)CCC5(C)C)B3c1cc(C(C)(C)C)ccc1N2c1ccc(C(C)(C)C)cc1-c1ccc([Si](C)(C)C)cc1. The molecule has 366 valence electrons. The fourth-order valence-corrected chi connectivity index (χ4v) is 15.5. The van der Waals surface area contributed by atoms with Gasteiger partial charge in [0.15, 0.2) is 0 Å². The van der Waals surface area contributed by atoms with E-state index >= 15 is 0 Å². The van der Waals surface area contributed by atoms with Crippen molar-refractivity contribution in [3.05, 3.63) is 142 Å². The van der Waals surface area contributed by atoms with Gasteiger partial charge in [-0.05, 0) is 175 Å². The molecule has 2 aliphatic heterocycles. The Morgan fingerprint density at radius 1 is 0.521 bits per heavy atom. The van der Waals surface area contributed by atoms with E-state index in [1.807, 2.05) is 0 Å². The number of fused-ring (bicyclic) bond motifs is 8. The van der Waals surface area contributed by atoms with E-state index in [2.05, 4.69) is 248 Å². The number of thiophene rings is 1. The van der Waals surface area contributed by atoms with Crippen LogP contribution in [0.5, 0.6) is 0 Å². The van der Waals surface area contributed by atoms with E-state index in [9.17, 15) is 0 Å². The molecule has 2 nitrogen and oxygen atoms in total. The predicted molar refractivity (Wildman–Crippen MR) is 317 cm³/mol. The van der Waals surface area contributed by atoms with Gasteiger partial charge in [0.1, 0.15) is 0 Å². The van der Waals surface area contributed by atoms with E-state index in [0.717, 1.165) is 0 Å². The maximum Gasteiger partial charge on any atom is 0.264 e. The molecule has 71 heavy (non-hydrogen) atoms. The van der Waals surface area contributed by atoms with Crippen molar-refractivity contribution in [2.24, 2.45) is 0 Å². The minimum absolute atomic E-state index is 0.0130. The Hall–Kier alpha value is -4.84. The molecule has 0 bridgehead atoms. The van der Waals surface area contributed by atoms with Gasteiger partial charge < -0.3 is 9.80 Å². The molecule has 3 heterocycles. The summed E-state index contributed by atoms with van der Waals surface area (Å²) < 4.78 is 2.87. The molecule has 0 unspecified atom stereocenters. The van der Waals surface area contributed by atoms with Crippen molar-refractivity contribution in [3.8, 4) is 11.1 Å². The maximum absolute atomic E-state index is 2.75.